The van der Waals surface area contributed by atoms with Crippen LogP contribution in [0.25, 0.3) is 0 Å². The van der Waals surface area contributed by atoms with Crippen LogP contribution >= 0.6 is 11.6 Å². The minimum atomic E-state index is -0.198. The van der Waals surface area contributed by atoms with E-state index in [9.17, 15) is 4.39 Å². The molecule has 0 amide bonds. The quantitative estimate of drug-likeness (QED) is 0.704. The molecule has 2 heteroatoms. The van der Waals surface area contributed by atoms with Crippen LogP contribution < -0.4 is 0 Å². The van der Waals surface area contributed by atoms with Gasteiger partial charge in [-0.15, -0.1) is 11.6 Å². The number of hydrogen-bond acceptors (Lipinski definition) is 0. The minimum Gasteiger partial charge on any atom is -0.207 e. The highest BCUT2D eigenvalue weighted by molar-refractivity contribution is 6.18. The van der Waals surface area contributed by atoms with Gasteiger partial charge in [0.05, 0.1) is 0 Å². The van der Waals surface area contributed by atoms with Crippen LogP contribution in [0.4, 0.5) is 4.39 Å². The molecule has 88 valence electrons. The molecule has 0 saturated carbocycles. The van der Waals surface area contributed by atoms with Crippen molar-refractivity contribution in [3.05, 3.63) is 71.5 Å². The van der Waals surface area contributed by atoms with Crippen LogP contribution in [0.15, 0.2) is 54.6 Å². The molecule has 0 aliphatic carbocycles. The highest BCUT2D eigenvalue weighted by Crippen LogP contribution is 2.22. The highest BCUT2D eigenvalue weighted by Gasteiger charge is 2.10. The van der Waals surface area contributed by atoms with Gasteiger partial charge in [-0.3, -0.25) is 0 Å². The Morgan fingerprint density at radius 2 is 1.59 bits per heavy atom. The van der Waals surface area contributed by atoms with Gasteiger partial charge in [0.15, 0.2) is 0 Å². The maximum atomic E-state index is 12.8. The van der Waals surface area contributed by atoms with Gasteiger partial charge in [-0.1, -0.05) is 42.5 Å². The van der Waals surface area contributed by atoms with Gasteiger partial charge in [0.25, 0.3) is 0 Å². The second-order valence-electron chi connectivity index (χ2n) is 4.09. The zero-order valence-electron chi connectivity index (χ0n) is 9.44. The Kier molecular flexibility index (Phi) is 4.16. The van der Waals surface area contributed by atoms with E-state index in [4.69, 9.17) is 11.6 Å². The summed E-state index contributed by atoms with van der Waals surface area (Å²) in [4.78, 5) is 0. The van der Waals surface area contributed by atoms with E-state index >= 15 is 0 Å². The van der Waals surface area contributed by atoms with Gasteiger partial charge in [-0.2, -0.15) is 0 Å². The third-order valence-corrected chi connectivity index (χ3v) is 3.23. The summed E-state index contributed by atoms with van der Waals surface area (Å²) < 4.78 is 12.8. The summed E-state index contributed by atoms with van der Waals surface area (Å²) in [6.07, 6.45) is 0.841. The van der Waals surface area contributed by atoms with E-state index in [1.165, 1.54) is 17.7 Å². The van der Waals surface area contributed by atoms with Gasteiger partial charge < -0.3 is 0 Å². The van der Waals surface area contributed by atoms with E-state index in [1.54, 1.807) is 0 Å². The van der Waals surface area contributed by atoms with Gasteiger partial charge in [-0.25, -0.2) is 4.39 Å². The summed E-state index contributed by atoms with van der Waals surface area (Å²) in [6.45, 7) is 0. The smallest absolute Gasteiger partial charge is 0.123 e. The molecule has 0 radical (unpaired) electrons. The van der Waals surface area contributed by atoms with Crippen molar-refractivity contribution in [2.45, 2.75) is 12.3 Å². The molecule has 0 bridgehead atoms. The molecule has 0 heterocycles. The monoisotopic (exact) mass is 248 g/mol. The average molecular weight is 249 g/mol. The standard InChI is InChI=1S/C15H14ClF/c16-11-14(13-4-2-1-3-5-13)10-12-6-8-15(17)9-7-12/h1-9,14H,10-11H2. The minimum absolute atomic E-state index is 0.198. The van der Waals surface area contributed by atoms with Crippen LogP contribution in [0.2, 0.25) is 0 Å². The summed E-state index contributed by atoms with van der Waals surface area (Å²) in [7, 11) is 0. The first-order chi connectivity index (χ1) is 8.29. The number of halogens is 2. The zero-order valence-corrected chi connectivity index (χ0v) is 10.2. The van der Waals surface area contributed by atoms with Crippen molar-refractivity contribution >= 4 is 11.6 Å². The molecule has 2 aromatic carbocycles. The van der Waals surface area contributed by atoms with Crippen LogP contribution in [0.1, 0.15) is 17.0 Å². The number of rotatable bonds is 4. The number of alkyl halides is 1. The Balaban J connectivity index is 2.13. The second kappa shape index (κ2) is 5.83. The number of benzene rings is 2. The molecule has 0 nitrogen and oxygen atoms in total. The first-order valence-electron chi connectivity index (χ1n) is 5.65. The molecule has 2 rings (SSSR count). The van der Waals surface area contributed by atoms with Crippen LogP contribution in [0.5, 0.6) is 0 Å². The van der Waals surface area contributed by atoms with E-state index in [0.29, 0.717) is 5.88 Å². The summed E-state index contributed by atoms with van der Waals surface area (Å²) in [6, 6.07) is 16.8. The lowest BCUT2D eigenvalue weighted by atomic mass is 9.94. The molecule has 17 heavy (non-hydrogen) atoms. The molecule has 0 fully saturated rings. The maximum absolute atomic E-state index is 12.8. The summed E-state index contributed by atoms with van der Waals surface area (Å²) >= 11 is 6.01. The van der Waals surface area contributed by atoms with Crippen molar-refractivity contribution in [1.29, 1.82) is 0 Å². The Morgan fingerprint density at radius 3 is 2.18 bits per heavy atom. The highest BCUT2D eigenvalue weighted by atomic mass is 35.5. The van der Waals surface area contributed by atoms with Gasteiger partial charge in [0.1, 0.15) is 5.82 Å². The third kappa shape index (κ3) is 3.31. The Labute approximate surface area is 106 Å². The Morgan fingerprint density at radius 1 is 0.941 bits per heavy atom. The van der Waals surface area contributed by atoms with E-state index in [1.807, 2.05) is 30.3 Å². The molecule has 0 saturated heterocycles. The van der Waals surface area contributed by atoms with Crippen molar-refractivity contribution < 1.29 is 4.39 Å². The van der Waals surface area contributed by atoms with Gasteiger partial charge in [0.2, 0.25) is 0 Å². The third-order valence-electron chi connectivity index (χ3n) is 2.85. The molecular formula is C15H14ClF. The SMILES string of the molecule is Fc1ccc(CC(CCl)c2ccccc2)cc1. The van der Waals surface area contributed by atoms with Crippen molar-refractivity contribution in [2.24, 2.45) is 0 Å². The fourth-order valence-electron chi connectivity index (χ4n) is 1.89. The molecular weight excluding hydrogens is 235 g/mol. The van der Waals surface area contributed by atoms with Crippen LogP contribution in [-0.2, 0) is 6.42 Å². The molecule has 0 aromatic heterocycles. The zero-order chi connectivity index (χ0) is 12.1. The second-order valence-corrected chi connectivity index (χ2v) is 4.40. The molecule has 0 aliphatic heterocycles. The summed E-state index contributed by atoms with van der Waals surface area (Å²) in [5, 5.41) is 0. The Bertz CT molecular complexity index is 450. The lowest BCUT2D eigenvalue weighted by molar-refractivity contribution is 0.626. The fraction of sp³-hybridized carbons (Fsp3) is 0.200. The Hall–Kier alpha value is -1.34. The van der Waals surface area contributed by atoms with Crippen molar-refractivity contribution in [3.63, 3.8) is 0 Å². The van der Waals surface area contributed by atoms with Crippen molar-refractivity contribution in [2.75, 3.05) is 5.88 Å². The average Bonchev–Trinajstić information content (AvgIpc) is 2.39. The maximum Gasteiger partial charge on any atom is 0.123 e. The van der Waals surface area contributed by atoms with Gasteiger partial charge >= 0.3 is 0 Å². The largest absolute Gasteiger partial charge is 0.207 e. The first-order valence-corrected chi connectivity index (χ1v) is 6.18. The molecule has 0 N–H and O–H groups in total. The van der Waals surface area contributed by atoms with Gasteiger partial charge in [0, 0.05) is 11.8 Å². The topological polar surface area (TPSA) is 0 Å². The fourth-order valence-corrected chi connectivity index (χ4v) is 2.18. The van der Waals surface area contributed by atoms with E-state index in [2.05, 4.69) is 12.1 Å². The summed E-state index contributed by atoms with van der Waals surface area (Å²) in [5.41, 5.74) is 2.34. The molecule has 0 aliphatic rings. The van der Waals surface area contributed by atoms with Gasteiger partial charge in [-0.05, 0) is 29.7 Å². The van der Waals surface area contributed by atoms with Crippen molar-refractivity contribution in [3.8, 4) is 0 Å². The predicted molar refractivity (Wildman–Crippen MR) is 70.0 cm³/mol. The van der Waals surface area contributed by atoms with E-state index < -0.39 is 0 Å². The molecule has 0 spiro atoms. The van der Waals surface area contributed by atoms with Crippen LogP contribution in [0.3, 0.4) is 0 Å². The van der Waals surface area contributed by atoms with Crippen LogP contribution in [-0.4, -0.2) is 5.88 Å². The molecule has 2 aromatic rings. The number of hydrogen-bond donors (Lipinski definition) is 0. The first kappa shape index (κ1) is 12.1. The van der Waals surface area contributed by atoms with Crippen LogP contribution in [0, 0.1) is 5.82 Å². The normalized spacial score (nSPS) is 12.4. The van der Waals surface area contributed by atoms with E-state index in [0.717, 1.165) is 12.0 Å². The summed E-state index contributed by atoms with van der Waals surface area (Å²) in [5.74, 6) is 0.653. The lowest BCUT2D eigenvalue weighted by Crippen LogP contribution is -2.04. The predicted octanol–water partition coefficient (Wildman–Crippen LogP) is 4.39. The molecule has 1 unspecified atom stereocenters. The van der Waals surface area contributed by atoms with E-state index in [-0.39, 0.29) is 11.7 Å². The lowest BCUT2D eigenvalue weighted by Gasteiger charge is -2.14. The molecule has 1 atom stereocenters. The van der Waals surface area contributed by atoms with Crippen molar-refractivity contribution in [1.82, 2.24) is 0 Å².